The van der Waals surface area contributed by atoms with Crippen LogP contribution in [0.25, 0.3) is 0 Å². The van der Waals surface area contributed by atoms with Crippen molar-refractivity contribution in [3.63, 3.8) is 0 Å². The zero-order chi connectivity index (χ0) is 22.2. The van der Waals surface area contributed by atoms with Gasteiger partial charge in [-0.3, -0.25) is 0 Å². The van der Waals surface area contributed by atoms with Gasteiger partial charge in [-0.2, -0.15) is 0 Å². The Labute approximate surface area is 193 Å². The van der Waals surface area contributed by atoms with Crippen molar-refractivity contribution in [2.24, 2.45) is 0 Å². The molecule has 4 aromatic rings. The molecule has 0 fully saturated rings. The molecule has 4 heteroatoms. The van der Waals surface area contributed by atoms with Crippen molar-refractivity contribution in [3.05, 3.63) is 109 Å². The van der Waals surface area contributed by atoms with E-state index in [-0.39, 0.29) is 0 Å². The largest absolute Gasteiger partial charge is 0.497 e. The highest BCUT2D eigenvalue weighted by molar-refractivity contribution is 7.76. The summed E-state index contributed by atoms with van der Waals surface area (Å²) in [5.41, 5.74) is 0. The smallest absolute Gasteiger partial charge is 0.118 e. The van der Waals surface area contributed by atoms with Crippen molar-refractivity contribution < 1.29 is 9.47 Å². The van der Waals surface area contributed by atoms with Crippen LogP contribution in [0.4, 0.5) is 0 Å². The molecule has 162 valence electrons. The van der Waals surface area contributed by atoms with Crippen molar-refractivity contribution in [2.45, 2.75) is 0 Å². The lowest BCUT2D eigenvalue weighted by Crippen LogP contribution is -2.20. The fourth-order valence-electron chi connectivity index (χ4n) is 3.75. The SMILES string of the molecule is COc1ccc(P(CCP(c2ccccc2)c2ccccc2)c2ccc(OC)cc2)cc1. The van der Waals surface area contributed by atoms with Crippen LogP contribution in [0.2, 0.25) is 0 Å². The predicted octanol–water partition coefficient (Wildman–Crippen LogP) is 5.27. The van der Waals surface area contributed by atoms with Crippen LogP contribution >= 0.6 is 15.8 Å². The van der Waals surface area contributed by atoms with E-state index in [9.17, 15) is 0 Å². The molecular weight excluding hydrogens is 430 g/mol. The topological polar surface area (TPSA) is 18.5 Å². The van der Waals surface area contributed by atoms with Gasteiger partial charge in [-0.25, -0.2) is 0 Å². The van der Waals surface area contributed by atoms with Gasteiger partial charge in [0.2, 0.25) is 0 Å². The van der Waals surface area contributed by atoms with Crippen molar-refractivity contribution in [1.29, 1.82) is 0 Å². The Morgan fingerprint density at radius 2 is 0.750 bits per heavy atom. The minimum atomic E-state index is -0.494. The highest BCUT2D eigenvalue weighted by atomic mass is 31.1. The molecule has 0 spiro atoms. The fraction of sp³-hybridized carbons (Fsp3) is 0.143. The van der Waals surface area contributed by atoms with Crippen LogP contribution in [-0.4, -0.2) is 26.5 Å². The Morgan fingerprint density at radius 3 is 1.06 bits per heavy atom. The van der Waals surface area contributed by atoms with Gasteiger partial charge >= 0.3 is 0 Å². The number of hydrogen-bond acceptors (Lipinski definition) is 2. The molecule has 0 aliphatic heterocycles. The Bertz CT molecular complexity index is 995. The summed E-state index contributed by atoms with van der Waals surface area (Å²) in [4.78, 5) is 0. The normalized spacial score (nSPS) is 11.0. The minimum absolute atomic E-state index is 0.416. The molecule has 0 saturated heterocycles. The second kappa shape index (κ2) is 11.3. The molecular formula is C28H28O2P2. The number of benzene rings is 4. The number of hydrogen-bond donors (Lipinski definition) is 0. The maximum absolute atomic E-state index is 5.39. The first-order valence-corrected chi connectivity index (χ1v) is 13.8. The van der Waals surface area contributed by atoms with E-state index in [1.807, 2.05) is 0 Å². The van der Waals surface area contributed by atoms with Crippen LogP contribution < -0.4 is 30.7 Å². The first kappa shape index (κ1) is 22.5. The molecule has 0 unspecified atom stereocenters. The van der Waals surface area contributed by atoms with Gasteiger partial charge in [0.15, 0.2) is 0 Å². The summed E-state index contributed by atoms with van der Waals surface area (Å²) in [6.07, 6.45) is 2.27. The summed E-state index contributed by atoms with van der Waals surface area (Å²) < 4.78 is 10.8. The third-order valence-electron chi connectivity index (χ3n) is 5.45. The molecule has 0 aromatic heterocycles. The maximum atomic E-state index is 5.39. The van der Waals surface area contributed by atoms with Gasteiger partial charge in [0, 0.05) is 0 Å². The molecule has 32 heavy (non-hydrogen) atoms. The summed E-state index contributed by atoms with van der Waals surface area (Å²) in [6.45, 7) is 0. The van der Waals surface area contributed by atoms with Crippen molar-refractivity contribution in [3.8, 4) is 11.5 Å². The second-order valence-corrected chi connectivity index (χ2v) is 12.0. The lowest BCUT2D eigenvalue weighted by atomic mass is 10.3. The molecule has 4 rings (SSSR count). The molecule has 0 radical (unpaired) electrons. The van der Waals surface area contributed by atoms with Crippen molar-refractivity contribution in [2.75, 3.05) is 26.5 Å². The Morgan fingerprint density at radius 1 is 0.438 bits per heavy atom. The first-order chi connectivity index (χ1) is 15.8. The molecule has 0 N–H and O–H groups in total. The van der Waals surface area contributed by atoms with Gasteiger partial charge in [0.25, 0.3) is 0 Å². The van der Waals surface area contributed by atoms with E-state index >= 15 is 0 Å². The highest BCUT2D eigenvalue weighted by Gasteiger charge is 2.19. The van der Waals surface area contributed by atoms with E-state index in [0.717, 1.165) is 23.8 Å². The number of ether oxygens (including phenoxy) is 2. The van der Waals surface area contributed by atoms with Gasteiger partial charge in [-0.15, -0.1) is 0 Å². The van der Waals surface area contributed by atoms with Crippen LogP contribution in [-0.2, 0) is 0 Å². The maximum Gasteiger partial charge on any atom is 0.118 e. The van der Waals surface area contributed by atoms with Gasteiger partial charge in [0.1, 0.15) is 11.5 Å². The van der Waals surface area contributed by atoms with Crippen molar-refractivity contribution >= 4 is 37.1 Å². The van der Waals surface area contributed by atoms with E-state index in [4.69, 9.17) is 9.47 Å². The monoisotopic (exact) mass is 458 g/mol. The predicted molar refractivity (Wildman–Crippen MR) is 141 cm³/mol. The van der Waals surface area contributed by atoms with Crippen LogP contribution in [0, 0.1) is 0 Å². The summed E-state index contributed by atoms with van der Waals surface area (Å²) in [5.74, 6) is 1.79. The fourth-order valence-corrected chi connectivity index (χ4v) is 9.07. The van der Waals surface area contributed by atoms with E-state index in [2.05, 4.69) is 109 Å². The average molecular weight is 458 g/mol. The number of rotatable bonds is 9. The number of methoxy groups -OCH3 is 2. The highest BCUT2D eigenvalue weighted by Crippen LogP contribution is 2.41. The molecule has 0 atom stereocenters. The quantitative estimate of drug-likeness (QED) is 0.318. The third-order valence-corrected chi connectivity index (χ3v) is 10.8. The van der Waals surface area contributed by atoms with Gasteiger partial charge in [-0.1, -0.05) is 84.9 Å². The van der Waals surface area contributed by atoms with Gasteiger partial charge in [0.05, 0.1) is 14.2 Å². The first-order valence-electron chi connectivity index (χ1n) is 10.7. The summed E-state index contributed by atoms with van der Waals surface area (Å²) >= 11 is 0. The third kappa shape index (κ3) is 5.57. The summed E-state index contributed by atoms with van der Waals surface area (Å²) in [7, 11) is 2.52. The molecule has 4 aromatic carbocycles. The van der Waals surface area contributed by atoms with E-state index in [0.29, 0.717) is 0 Å². The standard InChI is InChI=1S/C28H28O2P2/c1-29-23-13-17-27(18-14-23)32(28-19-15-24(30-2)16-20-28)22-21-31(25-9-5-3-6-10-25)26-11-7-4-8-12-26/h3-20H,21-22H2,1-2H3. The second-order valence-electron chi connectivity index (χ2n) is 7.37. The van der Waals surface area contributed by atoms with Gasteiger partial charge in [-0.05, 0) is 73.7 Å². The average Bonchev–Trinajstić information content (AvgIpc) is 2.88. The minimum Gasteiger partial charge on any atom is -0.497 e. The molecule has 0 amide bonds. The molecule has 0 aliphatic carbocycles. The van der Waals surface area contributed by atoms with E-state index in [1.54, 1.807) is 14.2 Å². The zero-order valence-electron chi connectivity index (χ0n) is 18.5. The molecule has 2 nitrogen and oxygen atoms in total. The molecule has 0 heterocycles. The molecule has 0 bridgehead atoms. The van der Waals surface area contributed by atoms with Gasteiger partial charge < -0.3 is 9.47 Å². The Hall–Kier alpha value is -2.66. The van der Waals surface area contributed by atoms with E-state index in [1.165, 1.54) is 21.2 Å². The summed E-state index contributed by atoms with van der Waals surface area (Å²) in [5, 5.41) is 5.63. The Kier molecular flexibility index (Phi) is 7.94. The van der Waals surface area contributed by atoms with Crippen LogP contribution in [0.5, 0.6) is 11.5 Å². The van der Waals surface area contributed by atoms with Crippen LogP contribution in [0.3, 0.4) is 0 Å². The summed E-state index contributed by atoms with van der Waals surface area (Å²) in [6, 6.07) is 39.1. The lowest BCUT2D eigenvalue weighted by Gasteiger charge is -2.24. The molecule has 0 aliphatic rings. The van der Waals surface area contributed by atoms with Crippen LogP contribution in [0.15, 0.2) is 109 Å². The van der Waals surface area contributed by atoms with E-state index < -0.39 is 15.8 Å². The van der Waals surface area contributed by atoms with Crippen LogP contribution in [0.1, 0.15) is 0 Å². The Balaban J connectivity index is 1.65. The molecule has 0 saturated carbocycles. The van der Waals surface area contributed by atoms with Crippen molar-refractivity contribution in [1.82, 2.24) is 0 Å². The lowest BCUT2D eigenvalue weighted by molar-refractivity contribution is 0.415. The zero-order valence-corrected chi connectivity index (χ0v) is 20.3.